The zero-order valence-corrected chi connectivity index (χ0v) is 12.3. The van der Waals surface area contributed by atoms with Crippen molar-refractivity contribution in [1.29, 1.82) is 0 Å². The third-order valence-corrected chi connectivity index (χ3v) is 3.61. The van der Waals surface area contributed by atoms with E-state index < -0.39 is 0 Å². The fourth-order valence-electron chi connectivity index (χ4n) is 1.70. The minimum Gasteiger partial charge on any atom is -0.488 e. The van der Waals surface area contributed by atoms with Gasteiger partial charge in [-0.15, -0.1) is 0 Å². The van der Waals surface area contributed by atoms with Crippen LogP contribution >= 0.6 is 27.5 Å². The van der Waals surface area contributed by atoms with Crippen molar-refractivity contribution in [3.63, 3.8) is 0 Å². The minimum atomic E-state index is 0.451. The molecule has 0 spiro atoms. The predicted octanol–water partition coefficient (Wildman–Crippen LogP) is 4.52. The summed E-state index contributed by atoms with van der Waals surface area (Å²) in [5.41, 5.74) is 3.20. The van der Waals surface area contributed by atoms with Crippen LogP contribution in [0.4, 0.5) is 0 Å². The van der Waals surface area contributed by atoms with Crippen LogP contribution < -0.4 is 4.74 Å². The lowest BCUT2D eigenvalue weighted by molar-refractivity contribution is 0.302. The Bertz CT molecular complexity index is 545. The average molecular weight is 327 g/mol. The summed E-state index contributed by atoms with van der Waals surface area (Å²) in [5, 5.41) is 1.40. The van der Waals surface area contributed by atoms with Crippen molar-refractivity contribution in [1.82, 2.24) is 4.98 Å². The van der Waals surface area contributed by atoms with E-state index in [2.05, 4.69) is 20.9 Å². The number of hydrogen-bond donors (Lipinski definition) is 0. The van der Waals surface area contributed by atoms with Gasteiger partial charge in [0.15, 0.2) is 0 Å². The molecule has 0 atom stereocenters. The summed E-state index contributed by atoms with van der Waals surface area (Å²) in [5.74, 6) is 0.919. The van der Waals surface area contributed by atoms with Gasteiger partial charge in [0, 0.05) is 28.9 Å². The monoisotopic (exact) mass is 325 g/mol. The number of halogens is 2. The molecule has 0 aliphatic rings. The normalized spacial score (nSPS) is 10.4. The molecule has 0 saturated heterocycles. The SMILES string of the molecule is Cc1cccc(CBr)c1OCc1ccncc1Cl. The van der Waals surface area contributed by atoms with Crippen molar-refractivity contribution in [2.24, 2.45) is 0 Å². The number of ether oxygens (including phenoxy) is 1. The van der Waals surface area contributed by atoms with Gasteiger partial charge in [0.2, 0.25) is 0 Å². The molecule has 2 nitrogen and oxygen atoms in total. The molecule has 1 aromatic heterocycles. The molecule has 1 heterocycles. The summed E-state index contributed by atoms with van der Waals surface area (Å²) in [6.45, 7) is 2.49. The van der Waals surface area contributed by atoms with Gasteiger partial charge in [-0.2, -0.15) is 0 Å². The summed E-state index contributed by atoms with van der Waals surface area (Å²) in [6.07, 6.45) is 3.34. The number of para-hydroxylation sites is 1. The summed E-state index contributed by atoms with van der Waals surface area (Å²) in [7, 11) is 0. The first-order valence-corrected chi connectivity index (χ1v) is 7.08. The Labute approximate surface area is 120 Å². The van der Waals surface area contributed by atoms with Gasteiger partial charge in [0.25, 0.3) is 0 Å². The lowest BCUT2D eigenvalue weighted by atomic mass is 10.1. The topological polar surface area (TPSA) is 22.1 Å². The van der Waals surface area contributed by atoms with E-state index in [1.165, 1.54) is 0 Å². The maximum Gasteiger partial charge on any atom is 0.126 e. The van der Waals surface area contributed by atoms with Crippen molar-refractivity contribution in [2.75, 3.05) is 0 Å². The van der Waals surface area contributed by atoms with Gasteiger partial charge in [0.05, 0.1) is 5.02 Å². The molecule has 0 N–H and O–H groups in total. The van der Waals surface area contributed by atoms with Crippen LogP contribution in [0, 0.1) is 6.92 Å². The van der Waals surface area contributed by atoms with Crippen LogP contribution in [0.5, 0.6) is 5.75 Å². The van der Waals surface area contributed by atoms with E-state index in [4.69, 9.17) is 16.3 Å². The second kappa shape index (κ2) is 6.21. The zero-order valence-electron chi connectivity index (χ0n) is 9.99. The second-order valence-electron chi connectivity index (χ2n) is 3.95. The molecule has 1 aromatic carbocycles. The number of pyridine rings is 1. The Morgan fingerprint density at radius 2 is 2.11 bits per heavy atom. The Morgan fingerprint density at radius 1 is 1.28 bits per heavy atom. The second-order valence-corrected chi connectivity index (χ2v) is 4.92. The van der Waals surface area contributed by atoms with Crippen molar-refractivity contribution in [3.8, 4) is 5.75 Å². The van der Waals surface area contributed by atoms with Crippen molar-refractivity contribution >= 4 is 27.5 Å². The highest BCUT2D eigenvalue weighted by molar-refractivity contribution is 9.08. The van der Waals surface area contributed by atoms with Gasteiger partial charge in [-0.05, 0) is 18.6 Å². The Morgan fingerprint density at radius 3 is 2.83 bits per heavy atom. The molecular weight excluding hydrogens is 314 g/mol. The molecule has 0 fully saturated rings. The van der Waals surface area contributed by atoms with Crippen LogP contribution in [-0.4, -0.2) is 4.98 Å². The molecule has 0 aliphatic carbocycles. The highest BCUT2D eigenvalue weighted by Crippen LogP contribution is 2.27. The summed E-state index contributed by atoms with van der Waals surface area (Å²) in [4.78, 5) is 3.96. The maximum atomic E-state index is 6.05. The molecule has 0 saturated carbocycles. The number of rotatable bonds is 4. The minimum absolute atomic E-state index is 0.451. The maximum absolute atomic E-state index is 6.05. The highest BCUT2D eigenvalue weighted by Gasteiger charge is 2.07. The summed E-state index contributed by atoms with van der Waals surface area (Å²) < 4.78 is 5.88. The number of nitrogens with zero attached hydrogens (tertiary/aromatic N) is 1. The zero-order chi connectivity index (χ0) is 13.0. The first-order valence-electron chi connectivity index (χ1n) is 5.58. The van der Waals surface area contributed by atoms with Crippen LogP contribution in [0.3, 0.4) is 0 Å². The molecule has 0 bridgehead atoms. The van der Waals surface area contributed by atoms with E-state index >= 15 is 0 Å². The molecule has 18 heavy (non-hydrogen) atoms. The molecule has 4 heteroatoms. The molecule has 2 rings (SSSR count). The molecule has 94 valence electrons. The number of hydrogen-bond acceptors (Lipinski definition) is 2. The van der Waals surface area contributed by atoms with Gasteiger partial charge >= 0.3 is 0 Å². The summed E-state index contributed by atoms with van der Waals surface area (Å²) in [6, 6.07) is 7.98. The van der Waals surface area contributed by atoms with Crippen LogP contribution in [0.1, 0.15) is 16.7 Å². The fraction of sp³-hybridized carbons (Fsp3) is 0.214. The molecule has 0 aliphatic heterocycles. The van der Waals surface area contributed by atoms with E-state index in [0.29, 0.717) is 11.6 Å². The van der Waals surface area contributed by atoms with Crippen LogP contribution in [0.15, 0.2) is 36.7 Å². The van der Waals surface area contributed by atoms with E-state index in [1.807, 2.05) is 31.2 Å². The third-order valence-electron chi connectivity index (χ3n) is 2.67. The van der Waals surface area contributed by atoms with Gasteiger partial charge in [-0.3, -0.25) is 4.98 Å². The fourth-order valence-corrected chi connectivity index (χ4v) is 2.31. The van der Waals surface area contributed by atoms with Gasteiger partial charge in [-0.1, -0.05) is 45.7 Å². The van der Waals surface area contributed by atoms with Crippen LogP contribution in [0.2, 0.25) is 5.02 Å². The number of alkyl halides is 1. The lowest BCUT2D eigenvalue weighted by Crippen LogP contribution is -2.00. The number of benzene rings is 1. The molecule has 0 radical (unpaired) electrons. The predicted molar refractivity (Wildman–Crippen MR) is 77.4 cm³/mol. The number of aromatic nitrogens is 1. The van der Waals surface area contributed by atoms with E-state index in [1.54, 1.807) is 12.4 Å². The van der Waals surface area contributed by atoms with Crippen molar-refractivity contribution < 1.29 is 4.74 Å². The first kappa shape index (κ1) is 13.4. The quantitative estimate of drug-likeness (QED) is 0.771. The average Bonchev–Trinajstić information content (AvgIpc) is 2.39. The summed E-state index contributed by atoms with van der Waals surface area (Å²) >= 11 is 9.52. The number of aryl methyl sites for hydroxylation is 1. The van der Waals surface area contributed by atoms with Crippen LogP contribution in [0.25, 0.3) is 0 Å². The molecule has 0 unspecified atom stereocenters. The van der Waals surface area contributed by atoms with Crippen molar-refractivity contribution in [2.45, 2.75) is 18.9 Å². The highest BCUT2D eigenvalue weighted by atomic mass is 79.9. The van der Waals surface area contributed by atoms with Gasteiger partial charge in [-0.25, -0.2) is 0 Å². The largest absolute Gasteiger partial charge is 0.488 e. The first-order chi connectivity index (χ1) is 8.72. The van der Waals surface area contributed by atoms with E-state index in [0.717, 1.165) is 27.8 Å². The molecule has 0 amide bonds. The third kappa shape index (κ3) is 3.03. The standard InChI is InChI=1S/C14H13BrClNO/c1-10-3-2-4-11(7-15)14(10)18-9-12-5-6-17-8-13(12)16/h2-6,8H,7,9H2,1H3. The van der Waals surface area contributed by atoms with Gasteiger partial charge in [0.1, 0.15) is 12.4 Å². The Balaban J connectivity index is 2.18. The lowest BCUT2D eigenvalue weighted by Gasteiger charge is -2.13. The Hall–Kier alpha value is -1.06. The molecule has 2 aromatic rings. The van der Waals surface area contributed by atoms with Crippen molar-refractivity contribution in [3.05, 3.63) is 58.4 Å². The Kier molecular flexibility index (Phi) is 4.61. The van der Waals surface area contributed by atoms with E-state index in [-0.39, 0.29) is 0 Å². The molecular formula is C14H13BrClNO. The van der Waals surface area contributed by atoms with Crippen LogP contribution in [-0.2, 0) is 11.9 Å². The smallest absolute Gasteiger partial charge is 0.126 e. The van der Waals surface area contributed by atoms with E-state index in [9.17, 15) is 0 Å². The van der Waals surface area contributed by atoms with Gasteiger partial charge < -0.3 is 4.74 Å².